The second kappa shape index (κ2) is 11.1. The van der Waals surface area contributed by atoms with E-state index < -0.39 is 60.2 Å². The van der Waals surface area contributed by atoms with Crippen LogP contribution in [0.1, 0.15) is 40.5 Å². The van der Waals surface area contributed by atoms with Gasteiger partial charge < -0.3 is 32.5 Å². The summed E-state index contributed by atoms with van der Waals surface area (Å²) in [5, 5.41) is 15.9. The number of aliphatic carboxylic acids is 1. The Balaban J connectivity index is 4.70. The topological polar surface area (TPSA) is 194 Å². The minimum absolute atomic E-state index is 0.0665. The Labute approximate surface area is 157 Å². The lowest BCUT2D eigenvalue weighted by Gasteiger charge is -2.22. The zero-order valence-corrected chi connectivity index (χ0v) is 15.9. The molecule has 0 heterocycles. The third-order valence-corrected chi connectivity index (χ3v) is 4.08. The Bertz CT molecular complexity index is 582. The van der Waals surface area contributed by atoms with E-state index >= 15 is 0 Å². The number of nitrogens with one attached hydrogen (secondary N) is 3. The molecule has 154 valence electrons. The van der Waals surface area contributed by atoms with Gasteiger partial charge in [-0.15, -0.1) is 0 Å². The number of rotatable bonds is 11. The van der Waals surface area contributed by atoms with Gasteiger partial charge in [0.25, 0.3) is 0 Å². The molecule has 0 aliphatic carbocycles. The van der Waals surface area contributed by atoms with Crippen molar-refractivity contribution in [2.75, 3.05) is 0 Å². The number of carboxylic acid groups (broad SMARTS) is 1. The van der Waals surface area contributed by atoms with Crippen molar-refractivity contribution >= 4 is 29.6 Å². The number of primary amides is 1. The van der Waals surface area contributed by atoms with Crippen LogP contribution < -0.4 is 27.4 Å². The first-order valence-corrected chi connectivity index (χ1v) is 8.58. The van der Waals surface area contributed by atoms with E-state index in [0.29, 0.717) is 6.42 Å². The van der Waals surface area contributed by atoms with Crippen molar-refractivity contribution in [3.63, 3.8) is 0 Å². The SMILES string of the molecule is CCC(C)C(N)C(=O)NC(C)C(=O)NC(C)C(=O)NC(CC(N)=O)C(=O)O. The molecule has 0 rings (SSSR count). The maximum absolute atomic E-state index is 12.1. The van der Waals surface area contributed by atoms with Gasteiger partial charge >= 0.3 is 5.97 Å². The molecule has 0 aromatic heterocycles. The highest BCUT2D eigenvalue weighted by atomic mass is 16.4. The number of hydrogen-bond donors (Lipinski definition) is 6. The molecule has 0 spiro atoms. The molecule has 0 aromatic carbocycles. The Morgan fingerprint density at radius 2 is 1.33 bits per heavy atom. The van der Waals surface area contributed by atoms with E-state index in [-0.39, 0.29) is 5.92 Å². The number of carboxylic acids is 1. The normalized spacial score (nSPS) is 16.2. The lowest BCUT2D eigenvalue weighted by atomic mass is 9.99. The second-order valence-electron chi connectivity index (χ2n) is 6.44. The van der Waals surface area contributed by atoms with E-state index in [0.717, 1.165) is 0 Å². The summed E-state index contributed by atoms with van der Waals surface area (Å²) in [6.45, 7) is 6.45. The molecular weight excluding hydrogens is 358 g/mol. The van der Waals surface area contributed by atoms with Crippen molar-refractivity contribution in [3.8, 4) is 0 Å². The molecule has 11 nitrogen and oxygen atoms in total. The molecule has 0 radical (unpaired) electrons. The molecule has 0 aliphatic heterocycles. The third kappa shape index (κ3) is 8.49. The molecule has 0 saturated heterocycles. The molecule has 0 aliphatic rings. The van der Waals surface area contributed by atoms with Gasteiger partial charge in [0.2, 0.25) is 23.6 Å². The summed E-state index contributed by atoms with van der Waals surface area (Å²) in [4.78, 5) is 58.0. The molecule has 0 saturated carbocycles. The molecule has 5 unspecified atom stereocenters. The van der Waals surface area contributed by atoms with Gasteiger partial charge in [-0.3, -0.25) is 19.2 Å². The molecule has 0 fully saturated rings. The van der Waals surface area contributed by atoms with Crippen LogP contribution in [0.15, 0.2) is 0 Å². The molecule has 0 bridgehead atoms. The van der Waals surface area contributed by atoms with Gasteiger partial charge in [0.15, 0.2) is 0 Å². The summed E-state index contributed by atoms with van der Waals surface area (Å²) in [6.07, 6.45) is 0.115. The highest BCUT2D eigenvalue weighted by molar-refractivity contribution is 5.94. The van der Waals surface area contributed by atoms with Crippen LogP contribution in [0, 0.1) is 5.92 Å². The van der Waals surface area contributed by atoms with Gasteiger partial charge in [0.1, 0.15) is 18.1 Å². The van der Waals surface area contributed by atoms with Crippen molar-refractivity contribution in [2.45, 2.75) is 64.7 Å². The standard InChI is InChI=1S/C16H29N5O6/c1-5-7(2)12(18)15(25)20-8(3)13(23)19-9(4)14(24)21-10(16(26)27)6-11(17)22/h7-10,12H,5-6,18H2,1-4H3,(H2,17,22)(H,19,23)(H,20,25)(H,21,24)(H,26,27). The fourth-order valence-electron chi connectivity index (χ4n) is 1.99. The van der Waals surface area contributed by atoms with Crippen LogP contribution in [0.5, 0.6) is 0 Å². The van der Waals surface area contributed by atoms with Crippen LogP contribution in [0.2, 0.25) is 0 Å². The molecule has 4 amide bonds. The van der Waals surface area contributed by atoms with E-state index in [2.05, 4.69) is 16.0 Å². The van der Waals surface area contributed by atoms with Crippen LogP contribution in [0.25, 0.3) is 0 Å². The van der Waals surface area contributed by atoms with Gasteiger partial charge in [-0.2, -0.15) is 0 Å². The Hall–Kier alpha value is -2.69. The lowest BCUT2D eigenvalue weighted by molar-refractivity contribution is -0.143. The van der Waals surface area contributed by atoms with E-state index in [1.807, 2.05) is 13.8 Å². The van der Waals surface area contributed by atoms with Gasteiger partial charge in [-0.05, 0) is 19.8 Å². The Kier molecular flexibility index (Phi) is 10.0. The minimum atomic E-state index is -1.50. The van der Waals surface area contributed by atoms with Gasteiger partial charge in [-0.1, -0.05) is 20.3 Å². The van der Waals surface area contributed by atoms with Gasteiger partial charge in [0.05, 0.1) is 12.5 Å². The van der Waals surface area contributed by atoms with E-state index in [4.69, 9.17) is 16.6 Å². The predicted molar refractivity (Wildman–Crippen MR) is 96.0 cm³/mol. The summed E-state index contributed by atoms with van der Waals surface area (Å²) in [5.74, 6) is -4.34. The summed E-state index contributed by atoms with van der Waals surface area (Å²) < 4.78 is 0. The second-order valence-corrected chi connectivity index (χ2v) is 6.44. The first-order chi connectivity index (χ1) is 12.4. The van der Waals surface area contributed by atoms with Crippen molar-refractivity contribution in [2.24, 2.45) is 17.4 Å². The number of nitrogens with two attached hydrogens (primary N) is 2. The van der Waals surface area contributed by atoms with Crippen LogP contribution in [-0.4, -0.2) is 58.9 Å². The van der Waals surface area contributed by atoms with Crippen LogP contribution in [0.3, 0.4) is 0 Å². The average molecular weight is 387 g/mol. The maximum atomic E-state index is 12.1. The summed E-state index contributed by atoms with van der Waals surface area (Å²) in [5.41, 5.74) is 10.7. The zero-order chi connectivity index (χ0) is 21.3. The lowest BCUT2D eigenvalue weighted by Crippen LogP contribution is -2.56. The largest absolute Gasteiger partial charge is 0.480 e. The average Bonchev–Trinajstić information content (AvgIpc) is 2.58. The van der Waals surface area contributed by atoms with Gasteiger partial charge in [-0.25, -0.2) is 4.79 Å². The fraction of sp³-hybridized carbons (Fsp3) is 0.688. The first-order valence-electron chi connectivity index (χ1n) is 8.58. The molecule has 27 heavy (non-hydrogen) atoms. The summed E-state index contributed by atoms with van der Waals surface area (Å²) in [7, 11) is 0. The van der Waals surface area contributed by atoms with Crippen molar-refractivity contribution in [3.05, 3.63) is 0 Å². The highest BCUT2D eigenvalue weighted by Gasteiger charge is 2.27. The molecular formula is C16H29N5O6. The Morgan fingerprint density at radius 3 is 1.74 bits per heavy atom. The van der Waals surface area contributed by atoms with E-state index in [9.17, 15) is 24.0 Å². The first kappa shape index (κ1) is 24.3. The number of carbonyl (C=O) groups is 5. The fourth-order valence-corrected chi connectivity index (χ4v) is 1.99. The minimum Gasteiger partial charge on any atom is -0.480 e. The monoisotopic (exact) mass is 387 g/mol. The smallest absolute Gasteiger partial charge is 0.326 e. The Morgan fingerprint density at radius 1 is 0.889 bits per heavy atom. The highest BCUT2D eigenvalue weighted by Crippen LogP contribution is 2.05. The summed E-state index contributed by atoms with van der Waals surface area (Å²) in [6, 6.07) is -4.32. The van der Waals surface area contributed by atoms with Gasteiger partial charge in [0, 0.05) is 0 Å². The van der Waals surface area contributed by atoms with Crippen LogP contribution in [0.4, 0.5) is 0 Å². The molecule has 5 atom stereocenters. The molecule has 0 aromatic rings. The van der Waals surface area contributed by atoms with Crippen LogP contribution in [-0.2, 0) is 24.0 Å². The van der Waals surface area contributed by atoms with Crippen LogP contribution >= 0.6 is 0 Å². The quantitative estimate of drug-likeness (QED) is 0.232. The van der Waals surface area contributed by atoms with Crippen molar-refractivity contribution in [1.82, 2.24) is 16.0 Å². The van der Waals surface area contributed by atoms with Crippen molar-refractivity contribution < 1.29 is 29.1 Å². The summed E-state index contributed by atoms with van der Waals surface area (Å²) >= 11 is 0. The molecule has 11 heteroatoms. The predicted octanol–water partition coefficient (Wildman–Crippen LogP) is -2.19. The third-order valence-electron chi connectivity index (χ3n) is 4.08. The number of carbonyl (C=O) groups excluding carboxylic acids is 4. The van der Waals surface area contributed by atoms with E-state index in [1.165, 1.54) is 13.8 Å². The molecule has 8 N–H and O–H groups in total. The van der Waals surface area contributed by atoms with Crippen molar-refractivity contribution in [1.29, 1.82) is 0 Å². The zero-order valence-electron chi connectivity index (χ0n) is 15.9. The van der Waals surface area contributed by atoms with E-state index in [1.54, 1.807) is 0 Å². The number of hydrogen-bond acceptors (Lipinski definition) is 6. The number of amides is 4. The maximum Gasteiger partial charge on any atom is 0.326 e.